The Hall–Kier alpha value is -0.920. The number of carbonyl (C=O) groups excluding carboxylic acids is 2. The fraction of sp³-hybridized carbons (Fsp3) is 0.636. The third-order valence-electron chi connectivity index (χ3n) is 3.40. The molecule has 0 amide bonds. The van der Waals surface area contributed by atoms with Crippen molar-refractivity contribution in [1.29, 1.82) is 0 Å². The first-order chi connectivity index (χ1) is 6.11. The lowest BCUT2D eigenvalue weighted by Gasteiger charge is -2.23. The molecule has 1 saturated carbocycles. The number of fused-ring (bicyclic) bond motifs is 2. The summed E-state index contributed by atoms with van der Waals surface area (Å²) in [5, 5.41) is 0. The zero-order valence-corrected chi connectivity index (χ0v) is 7.99. The number of hydrogen-bond donors (Lipinski definition) is 0. The molecular formula is C11H14O2. The molecule has 3 unspecified atom stereocenters. The van der Waals surface area contributed by atoms with Crippen molar-refractivity contribution in [2.24, 2.45) is 23.7 Å². The van der Waals surface area contributed by atoms with Crippen LogP contribution in [0.1, 0.15) is 20.3 Å². The van der Waals surface area contributed by atoms with Crippen molar-refractivity contribution in [2.75, 3.05) is 0 Å². The lowest BCUT2D eigenvalue weighted by molar-refractivity contribution is -0.130. The molecule has 13 heavy (non-hydrogen) atoms. The lowest BCUT2D eigenvalue weighted by Crippen LogP contribution is -2.30. The molecule has 70 valence electrons. The first-order valence-electron chi connectivity index (χ1n) is 4.80. The molecule has 0 aromatic carbocycles. The van der Waals surface area contributed by atoms with E-state index in [1.54, 1.807) is 13.8 Å². The van der Waals surface area contributed by atoms with Crippen LogP contribution in [0.3, 0.4) is 0 Å². The maximum Gasteiger partial charge on any atom is 0.134 e. The Labute approximate surface area is 78.0 Å². The monoisotopic (exact) mass is 178 g/mol. The van der Waals surface area contributed by atoms with Gasteiger partial charge in [-0.2, -0.15) is 0 Å². The van der Waals surface area contributed by atoms with Crippen LogP contribution >= 0.6 is 0 Å². The van der Waals surface area contributed by atoms with E-state index in [0.29, 0.717) is 11.8 Å². The van der Waals surface area contributed by atoms with E-state index >= 15 is 0 Å². The minimum Gasteiger partial charge on any atom is -0.300 e. The minimum atomic E-state index is -0.0208. The van der Waals surface area contributed by atoms with Gasteiger partial charge >= 0.3 is 0 Å². The summed E-state index contributed by atoms with van der Waals surface area (Å²) in [5.74, 6) is 1.00. The van der Waals surface area contributed by atoms with Gasteiger partial charge in [-0.05, 0) is 32.1 Å². The van der Waals surface area contributed by atoms with E-state index in [1.807, 2.05) is 0 Å². The predicted octanol–water partition coefficient (Wildman–Crippen LogP) is 1.60. The van der Waals surface area contributed by atoms with Gasteiger partial charge in [0.25, 0.3) is 0 Å². The van der Waals surface area contributed by atoms with Crippen LogP contribution in [0.25, 0.3) is 0 Å². The average Bonchev–Trinajstić information content (AvgIpc) is 2.60. The fourth-order valence-electron chi connectivity index (χ4n) is 2.93. The van der Waals surface area contributed by atoms with E-state index in [4.69, 9.17) is 0 Å². The summed E-state index contributed by atoms with van der Waals surface area (Å²) < 4.78 is 0. The smallest absolute Gasteiger partial charge is 0.134 e. The molecule has 2 aliphatic carbocycles. The molecular weight excluding hydrogens is 164 g/mol. The molecule has 4 atom stereocenters. The lowest BCUT2D eigenvalue weighted by atomic mass is 9.79. The summed E-state index contributed by atoms with van der Waals surface area (Å²) >= 11 is 0. The molecule has 2 bridgehead atoms. The summed E-state index contributed by atoms with van der Waals surface area (Å²) in [7, 11) is 0. The predicted molar refractivity (Wildman–Crippen MR) is 49.1 cm³/mol. The van der Waals surface area contributed by atoms with Gasteiger partial charge in [-0.25, -0.2) is 0 Å². The van der Waals surface area contributed by atoms with Crippen LogP contribution in [0.15, 0.2) is 12.2 Å². The number of carbonyl (C=O) groups is 2. The Kier molecular flexibility index (Phi) is 1.86. The second kappa shape index (κ2) is 2.79. The molecule has 0 aromatic heterocycles. The summed E-state index contributed by atoms with van der Waals surface area (Å²) in [5.41, 5.74) is 0. The van der Waals surface area contributed by atoms with Crippen LogP contribution in [-0.2, 0) is 9.59 Å². The van der Waals surface area contributed by atoms with E-state index in [-0.39, 0.29) is 23.4 Å². The second-order valence-corrected chi connectivity index (χ2v) is 4.22. The van der Waals surface area contributed by atoms with Gasteiger partial charge in [0.2, 0.25) is 0 Å². The third-order valence-corrected chi connectivity index (χ3v) is 3.40. The Morgan fingerprint density at radius 1 is 1.00 bits per heavy atom. The number of rotatable bonds is 2. The summed E-state index contributed by atoms with van der Waals surface area (Å²) in [4.78, 5) is 22.7. The average molecular weight is 178 g/mol. The van der Waals surface area contributed by atoms with Crippen LogP contribution < -0.4 is 0 Å². The Morgan fingerprint density at radius 3 is 1.69 bits per heavy atom. The van der Waals surface area contributed by atoms with Crippen molar-refractivity contribution in [1.82, 2.24) is 0 Å². The number of Topliss-reactive ketones (excluding diaryl/α,β-unsaturated/α-hetero) is 2. The highest BCUT2D eigenvalue weighted by Crippen LogP contribution is 2.48. The quantitative estimate of drug-likeness (QED) is 0.602. The van der Waals surface area contributed by atoms with Crippen molar-refractivity contribution >= 4 is 11.6 Å². The van der Waals surface area contributed by atoms with Gasteiger partial charge in [-0.15, -0.1) is 0 Å². The molecule has 2 nitrogen and oxygen atoms in total. The largest absolute Gasteiger partial charge is 0.300 e. The van der Waals surface area contributed by atoms with Gasteiger partial charge in [-0.3, -0.25) is 9.59 Å². The molecule has 0 saturated heterocycles. The van der Waals surface area contributed by atoms with Crippen molar-refractivity contribution < 1.29 is 9.59 Å². The van der Waals surface area contributed by atoms with Gasteiger partial charge in [0.15, 0.2) is 0 Å². The summed E-state index contributed by atoms with van der Waals surface area (Å²) in [6.45, 7) is 3.21. The first-order valence-corrected chi connectivity index (χ1v) is 4.80. The fourth-order valence-corrected chi connectivity index (χ4v) is 2.93. The Balaban J connectivity index is 2.30. The van der Waals surface area contributed by atoms with E-state index in [2.05, 4.69) is 12.2 Å². The molecule has 2 aliphatic rings. The number of allylic oxidation sites excluding steroid dienone is 2. The molecule has 1 fully saturated rings. The van der Waals surface area contributed by atoms with Crippen LogP contribution in [0.4, 0.5) is 0 Å². The molecule has 0 aliphatic heterocycles. The van der Waals surface area contributed by atoms with Crippen LogP contribution in [0.5, 0.6) is 0 Å². The van der Waals surface area contributed by atoms with E-state index < -0.39 is 0 Å². The van der Waals surface area contributed by atoms with Gasteiger partial charge < -0.3 is 0 Å². The molecule has 0 heterocycles. The molecule has 2 rings (SSSR count). The highest BCUT2D eigenvalue weighted by molar-refractivity contribution is 5.89. The minimum absolute atomic E-state index is 0.0208. The maximum absolute atomic E-state index is 11.4. The second-order valence-electron chi connectivity index (χ2n) is 4.22. The molecule has 0 radical (unpaired) electrons. The van der Waals surface area contributed by atoms with Crippen LogP contribution in [0.2, 0.25) is 0 Å². The van der Waals surface area contributed by atoms with E-state index in [9.17, 15) is 9.59 Å². The highest BCUT2D eigenvalue weighted by atomic mass is 16.1. The van der Waals surface area contributed by atoms with Gasteiger partial charge in [0.05, 0.1) is 0 Å². The molecule has 2 heteroatoms. The van der Waals surface area contributed by atoms with Crippen molar-refractivity contribution in [3.63, 3.8) is 0 Å². The molecule has 0 spiro atoms. The van der Waals surface area contributed by atoms with Crippen molar-refractivity contribution in [3.8, 4) is 0 Å². The van der Waals surface area contributed by atoms with E-state index in [0.717, 1.165) is 6.42 Å². The normalized spacial score (nSPS) is 41.1. The topological polar surface area (TPSA) is 34.1 Å². The standard InChI is InChI=1S/C11H14O2/c1-6(12)10-8-3-4-9(5-8)11(10)7(2)13/h3-4,8-11H,5H2,1-2H3/t8?,9?,10-,11?/m0/s1. The summed E-state index contributed by atoms with van der Waals surface area (Å²) in [6, 6.07) is 0. The zero-order valence-electron chi connectivity index (χ0n) is 7.99. The highest BCUT2D eigenvalue weighted by Gasteiger charge is 2.48. The molecule has 0 aromatic rings. The van der Waals surface area contributed by atoms with Crippen LogP contribution in [-0.4, -0.2) is 11.6 Å². The van der Waals surface area contributed by atoms with Gasteiger partial charge in [0.1, 0.15) is 11.6 Å². The van der Waals surface area contributed by atoms with Crippen molar-refractivity contribution in [2.45, 2.75) is 20.3 Å². The first kappa shape index (κ1) is 8.67. The zero-order chi connectivity index (χ0) is 9.59. The van der Waals surface area contributed by atoms with E-state index in [1.165, 1.54) is 0 Å². The summed E-state index contributed by atoms with van der Waals surface area (Å²) in [6.07, 6.45) is 5.22. The third kappa shape index (κ3) is 1.16. The SMILES string of the molecule is CC(=O)C1C2C=CC(C2)[C@@H]1C(C)=O. The van der Waals surface area contributed by atoms with Gasteiger partial charge in [-0.1, -0.05) is 12.2 Å². The maximum atomic E-state index is 11.4. The Morgan fingerprint density at radius 2 is 1.38 bits per heavy atom. The van der Waals surface area contributed by atoms with Gasteiger partial charge in [0, 0.05) is 11.8 Å². The Bertz CT molecular complexity index is 262. The number of hydrogen-bond acceptors (Lipinski definition) is 2. The van der Waals surface area contributed by atoms with Crippen LogP contribution in [0, 0.1) is 23.7 Å². The van der Waals surface area contributed by atoms with Crippen molar-refractivity contribution in [3.05, 3.63) is 12.2 Å². The molecule has 0 N–H and O–H groups in total. The number of ketones is 2.